The maximum Gasteiger partial charge on any atom is 0.308 e. The number of rotatable bonds is 4. The van der Waals surface area contributed by atoms with E-state index in [4.69, 9.17) is 9.47 Å². The lowest BCUT2D eigenvalue weighted by Crippen LogP contribution is -2.25. The van der Waals surface area contributed by atoms with Gasteiger partial charge >= 0.3 is 5.97 Å². The molecule has 0 atom stereocenters. The predicted molar refractivity (Wildman–Crippen MR) is 107 cm³/mol. The molecular weight excluding hydrogens is 507 g/mol. The summed E-state index contributed by atoms with van der Waals surface area (Å²) in [6, 6.07) is 2.85. The summed E-state index contributed by atoms with van der Waals surface area (Å²) in [5.41, 5.74) is -1.39. The first-order chi connectivity index (χ1) is 15.0. The summed E-state index contributed by atoms with van der Waals surface area (Å²) in [4.78, 5) is 24.0. The fourth-order valence-corrected chi connectivity index (χ4v) is 3.39. The van der Waals surface area contributed by atoms with Crippen LogP contribution in [0.5, 0.6) is 11.5 Å². The van der Waals surface area contributed by atoms with Gasteiger partial charge in [0.2, 0.25) is 5.82 Å². The highest BCUT2D eigenvalue weighted by Gasteiger charge is 2.37. The molecule has 3 rings (SSSR count). The molecule has 2 aromatic rings. The molecule has 0 aromatic heterocycles. The predicted octanol–water partition coefficient (Wildman–Crippen LogP) is 4.88. The van der Waals surface area contributed by atoms with E-state index in [0.717, 1.165) is 0 Å². The molecule has 0 saturated carbocycles. The molecule has 32 heavy (non-hydrogen) atoms. The van der Waals surface area contributed by atoms with Gasteiger partial charge in [0, 0.05) is 6.92 Å². The Balaban J connectivity index is 2.07. The molecule has 0 unspecified atom stereocenters. The summed E-state index contributed by atoms with van der Waals surface area (Å²) in [5.74, 6) is -12.7. The second-order valence-electron chi connectivity index (χ2n) is 6.41. The number of ether oxygens (including phenoxy) is 2. The van der Waals surface area contributed by atoms with Crippen molar-refractivity contribution in [3.05, 3.63) is 56.8 Å². The van der Waals surface area contributed by atoms with Crippen LogP contribution >= 0.6 is 15.9 Å². The van der Waals surface area contributed by atoms with Crippen LogP contribution in [0.4, 0.5) is 27.6 Å². The molecule has 0 radical (unpaired) electrons. The van der Waals surface area contributed by atoms with Crippen molar-refractivity contribution < 1.29 is 41.0 Å². The molecule has 0 bridgehead atoms. The number of hydrazone groups is 1. The topological polar surface area (TPSA) is 68.2 Å². The quantitative estimate of drug-likeness (QED) is 0.144. The maximum absolute atomic E-state index is 14.1. The van der Waals surface area contributed by atoms with Gasteiger partial charge in [0.1, 0.15) is 5.69 Å². The number of carbonyl (C=O) groups is 2. The van der Waals surface area contributed by atoms with Crippen molar-refractivity contribution in [1.29, 1.82) is 0 Å². The van der Waals surface area contributed by atoms with Crippen LogP contribution in [0.3, 0.4) is 0 Å². The molecule has 0 aliphatic carbocycles. The zero-order chi connectivity index (χ0) is 23.9. The third kappa shape index (κ3) is 3.97. The van der Waals surface area contributed by atoms with Crippen LogP contribution in [0, 0.1) is 29.1 Å². The fourth-order valence-electron chi connectivity index (χ4n) is 2.85. The molecular formula is C20H12BrF5N2O4. The number of methoxy groups -OCH3 is 1. The van der Waals surface area contributed by atoms with Crippen LogP contribution < -0.4 is 14.5 Å². The largest absolute Gasteiger partial charge is 0.493 e. The second-order valence-corrected chi connectivity index (χ2v) is 7.26. The minimum absolute atomic E-state index is 0.0434. The van der Waals surface area contributed by atoms with Crippen LogP contribution in [0.15, 0.2) is 27.3 Å². The molecule has 0 spiro atoms. The molecule has 2 aromatic carbocycles. The molecule has 0 fully saturated rings. The number of hydrogen-bond donors (Lipinski definition) is 0. The van der Waals surface area contributed by atoms with Gasteiger partial charge in [-0.2, -0.15) is 10.1 Å². The Morgan fingerprint density at radius 2 is 1.62 bits per heavy atom. The molecule has 1 heterocycles. The van der Waals surface area contributed by atoms with E-state index in [1.54, 1.807) is 0 Å². The van der Waals surface area contributed by atoms with Crippen LogP contribution in [0.2, 0.25) is 0 Å². The molecule has 1 aliphatic heterocycles. The Bertz CT molecular complexity index is 1200. The number of anilines is 1. The van der Waals surface area contributed by atoms with Crippen LogP contribution in [0.1, 0.15) is 19.4 Å². The molecule has 1 amide bonds. The number of hydrogen-bond acceptors (Lipinski definition) is 5. The van der Waals surface area contributed by atoms with Crippen molar-refractivity contribution in [1.82, 2.24) is 0 Å². The van der Waals surface area contributed by atoms with Crippen LogP contribution in [-0.4, -0.2) is 24.7 Å². The summed E-state index contributed by atoms with van der Waals surface area (Å²) in [6.45, 7) is 2.50. The monoisotopic (exact) mass is 518 g/mol. The maximum atomic E-state index is 14.1. The molecule has 0 saturated heterocycles. The van der Waals surface area contributed by atoms with Crippen molar-refractivity contribution in [3.63, 3.8) is 0 Å². The fraction of sp³-hybridized carbons (Fsp3) is 0.150. The van der Waals surface area contributed by atoms with Gasteiger partial charge in [-0.1, -0.05) is 0 Å². The molecule has 12 heteroatoms. The summed E-state index contributed by atoms with van der Waals surface area (Å²) in [6.07, 6.45) is 1.26. The molecule has 0 N–H and O–H groups in total. The molecule has 1 aliphatic rings. The van der Waals surface area contributed by atoms with Gasteiger partial charge in [0.15, 0.2) is 34.8 Å². The van der Waals surface area contributed by atoms with Crippen molar-refractivity contribution >= 4 is 45.3 Å². The van der Waals surface area contributed by atoms with E-state index in [1.807, 2.05) is 0 Å². The van der Waals surface area contributed by atoms with Crippen LogP contribution in [-0.2, 0) is 9.59 Å². The van der Waals surface area contributed by atoms with Crippen molar-refractivity contribution in [2.24, 2.45) is 5.10 Å². The van der Waals surface area contributed by atoms with E-state index in [2.05, 4.69) is 21.0 Å². The van der Waals surface area contributed by atoms with E-state index in [9.17, 15) is 31.5 Å². The van der Waals surface area contributed by atoms with Gasteiger partial charge in [-0.05, 0) is 46.6 Å². The number of amides is 1. The third-order valence-corrected chi connectivity index (χ3v) is 4.86. The molecule has 6 nitrogen and oxygen atoms in total. The van der Waals surface area contributed by atoms with Crippen LogP contribution in [0.25, 0.3) is 6.08 Å². The average molecular weight is 519 g/mol. The first kappa shape index (κ1) is 23.4. The average Bonchev–Trinajstić information content (AvgIpc) is 3.00. The van der Waals surface area contributed by atoms with E-state index >= 15 is 0 Å². The number of benzene rings is 2. The Labute approximate surface area is 186 Å². The Kier molecular flexibility index (Phi) is 6.35. The van der Waals surface area contributed by atoms with E-state index < -0.39 is 46.6 Å². The summed E-state index contributed by atoms with van der Waals surface area (Å²) < 4.78 is 79.2. The number of esters is 1. The number of carbonyl (C=O) groups excluding carboxylic acids is 2. The van der Waals surface area contributed by atoms with Gasteiger partial charge in [0.25, 0.3) is 5.91 Å². The zero-order valence-electron chi connectivity index (χ0n) is 16.5. The lowest BCUT2D eigenvalue weighted by Gasteiger charge is -2.15. The highest BCUT2D eigenvalue weighted by molar-refractivity contribution is 9.10. The first-order valence-corrected chi connectivity index (χ1v) is 9.46. The van der Waals surface area contributed by atoms with Gasteiger partial charge in [-0.15, -0.1) is 0 Å². The Hall–Kier alpha value is -3.28. The van der Waals surface area contributed by atoms with Crippen molar-refractivity contribution in [2.75, 3.05) is 12.1 Å². The lowest BCUT2D eigenvalue weighted by atomic mass is 10.1. The number of nitrogens with zero attached hydrogens (tertiary/aromatic N) is 2. The van der Waals surface area contributed by atoms with Crippen molar-refractivity contribution in [3.8, 4) is 11.5 Å². The van der Waals surface area contributed by atoms with E-state index in [1.165, 1.54) is 39.2 Å². The summed E-state index contributed by atoms with van der Waals surface area (Å²) >= 11 is 3.21. The highest BCUT2D eigenvalue weighted by atomic mass is 79.9. The normalized spacial score (nSPS) is 14.8. The summed E-state index contributed by atoms with van der Waals surface area (Å²) in [5, 5.41) is 3.76. The smallest absolute Gasteiger partial charge is 0.308 e. The first-order valence-electron chi connectivity index (χ1n) is 8.67. The molecule has 168 valence electrons. The Morgan fingerprint density at radius 1 is 1.06 bits per heavy atom. The van der Waals surface area contributed by atoms with E-state index in [0.29, 0.717) is 5.56 Å². The minimum Gasteiger partial charge on any atom is -0.493 e. The Morgan fingerprint density at radius 3 is 2.16 bits per heavy atom. The number of halogens is 6. The highest BCUT2D eigenvalue weighted by Crippen LogP contribution is 2.38. The lowest BCUT2D eigenvalue weighted by molar-refractivity contribution is -0.132. The standard InChI is InChI=1S/C20H12BrF5N2O4/c1-7-10(4-9-5-11(21)19(32-8(2)29)12(6-9)31-3)20(30)28(27-7)18-16(25)14(23)13(22)15(24)17(18)26/h4-6H,1-3H3/b10-4-. The van der Waals surface area contributed by atoms with Crippen molar-refractivity contribution in [2.45, 2.75) is 13.8 Å². The van der Waals surface area contributed by atoms with E-state index in [-0.39, 0.29) is 32.3 Å². The minimum atomic E-state index is -2.35. The third-order valence-electron chi connectivity index (χ3n) is 4.27. The second kappa shape index (κ2) is 8.69. The SMILES string of the molecule is COc1cc(/C=C2\C(=O)N(c3c(F)c(F)c(F)c(F)c3F)N=C2C)cc(Br)c1OC(C)=O. The van der Waals surface area contributed by atoms with Gasteiger partial charge < -0.3 is 9.47 Å². The van der Waals surface area contributed by atoms with Gasteiger partial charge in [-0.25, -0.2) is 22.0 Å². The summed E-state index contributed by atoms with van der Waals surface area (Å²) in [7, 11) is 1.31. The van der Waals surface area contributed by atoms with Gasteiger partial charge in [0.05, 0.1) is 22.9 Å². The van der Waals surface area contributed by atoms with Gasteiger partial charge in [-0.3, -0.25) is 9.59 Å². The zero-order valence-corrected chi connectivity index (χ0v) is 18.1.